The maximum atomic E-state index is 11.1. The average molecular weight is 242 g/mol. The van der Waals surface area contributed by atoms with Crippen LogP contribution in [0, 0.1) is 10.1 Å². The molecule has 0 aliphatic rings. The topological polar surface area (TPSA) is 132 Å². The number of nitro benzene ring substituents is 1. The molecule has 0 spiro atoms. The lowest BCUT2D eigenvalue weighted by atomic mass is 10.2. The van der Waals surface area contributed by atoms with Crippen LogP contribution in [-0.4, -0.2) is 23.5 Å². The van der Waals surface area contributed by atoms with Crippen LogP contribution in [0.3, 0.4) is 0 Å². The number of non-ortho nitro benzene ring substituents is 1. The number of hydrogen-bond acceptors (Lipinski definition) is 5. The van der Waals surface area contributed by atoms with E-state index in [1.54, 1.807) is 0 Å². The third-order valence-corrected chi connectivity index (χ3v) is 2.88. The van der Waals surface area contributed by atoms with Crippen molar-refractivity contribution in [3.05, 3.63) is 28.3 Å². The summed E-state index contributed by atoms with van der Waals surface area (Å²) in [6.07, 6.45) is 0. The first-order valence-electron chi connectivity index (χ1n) is 4.05. The molecule has 0 radical (unpaired) electrons. The summed E-state index contributed by atoms with van der Waals surface area (Å²) in [6, 6.07) is 3.69. The largest absolute Gasteiger partial charge is 0.270 e. The minimum Gasteiger partial charge on any atom is -0.265 e. The Morgan fingerprint density at radius 2 is 2.12 bits per heavy atom. The number of aromatic amines is 1. The summed E-state index contributed by atoms with van der Waals surface area (Å²) in [4.78, 5) is 9.90. The third-order valence-electron chi connectivity index (χ3n) is 2.00. The Morgan fingerprint density at radius 1 is 1.44 bits per heavy atom. The summed E-state index contributed by atoms with van der Waals surface area (Å²) < 4.78 is 22.3. The van der Waals surface area contributed by atoms with Crippen molar-refractivity contribution in [3.63, 3.8) is 0 Å². The van der Waals surface area contributed by atoms with E-state index in [0.717, 1.165) is 6.07 Å². The molecule has 0 saturated heterocycles. The van der Waals surface area contributed by atoms with Crippen molar-refractivity contribution < 1.29 is 13.3 Å². The van der Waals surface area contributed by atoms with E-state index in [0.29, 0.717) is 5.52 Å². The second kappa shape index (κ2) is 3.25. The molecule has 0 atom stereocenters. The second-order valence-electron chi connectivity index (χ2n) is 3.06. The zero-order valence-corrected chi connectivity index (χ0v) is 8.56. The van der Waals surface area contributed by atoms with E-state index in [1.165, 1.54) is 12.1 Å². The number of benzene rings is 1. The van der Waals surface area contributed by atoms with E-state index < -0.39 is 14.9 Å². The zero-order chi connectivity index (χ0) is 11.9. The average Bonchev–Trinajstić information content (AvgIpc) is 2.58. The van der Waals surface area contributed by atoms with Crippen molar-refractivity contribution in [2.45, 2.75) is 5.03 Å². The predicted molar refractivity (Wildman–Crippen MR) is 54.1 cm³/mol. The van der Waals surface area contributed by atoms with Gasteiger partial charge < -0.3 is 0 Å². The molecule has 16 heavy (non-hydrogen) atoms. The number of nitrogens with two attached hydrogens (primary N) is 1. The third kappa shape index (κ3) is 1.61. The zero-order valence-electron chi connectivity index (χ0n) is 7.75. The highest BCUT2D eigenvalue weighted by molar-refractivity contribution is 7.89. The number of nitrogens with zero attached hydrogens (tertiary/aromatic N) is 2. The van der Waals surface area contributed by atoms with Gasteiger partial charge in [0, 0.05) is 17.5 Å². The lowest BCUT2D eigenvalue weighted by molar-refractivity contribution is -0.384. The fraction of sp³-hybridized carbons (Fsp3) is 0. The number of rotatable bonds is 2. The van der Waals surface area contributed by atoms with E-state index in [2.05, 4.69) is 10.2 Å². The highest BCUT2D eigenvalue weighted by Crippen LogP contribution is 2.23. The van der Waals surface area contributed by atoms with Gasteiger partial charge in [0.15, 0.2) is 5.03 Å². The van der Waals surface area contributed by atoms with Crippen LogP contribution < -0.4 is 5.14 Å². The Labute approximate surface area is 89.3 Å². The Balaban J connectivity index is 2.80. The first-order chi connectivity index (χ1) is 7.39. The number of primary sulfonamides is 1. The molecule has 0 amide bonds. The van der Waals surface area contributed by atoms with Crippen LogP contribution >= 0.6 is 0 Å². The molecule has 0 bridgehead atoms. The van der Waals surface area contributed by atoms with Crippen molar-refractivity contribution in [3.8, 4) is 0 Å². The van der Waals surface area contributed by atoms with Crippen LogP contribution in [-0.2, 0) is 10.0 Å². The van der Waals surface area contributed by atoms with Crippen LogP contribution in [0.15, 0.2) is 23.2 Å². The van der Waals surface area contributed by atoms with E-state index in [9.17, 15) is 18.5 Å². The molecule has 9 heteroatoms. The second-order valence-corrected chi connectivity index (χ2v) is 4.55. The van der Waals surface area contributed by atoms with Crippen molar-refractivity contribution in [1.29, 1.82) is 0 Å². The fourth-order valence-electron chi connectivity index (χ4n) is 1.31. The van der Waals surface area contributed by atoms with Gasteiger partial charge in [-0.3, -0.25) is 15.2 Å². The van der Waals surface area contributed by atoms with Gasteiger partial charge in [0.25, 0.3) is 15.7 Å². The molecular formula is C7H6N4O4S. The van der Waals surface area contributed by atoms with Crippen LogP contribution in [0.1, 0.15) is 0 Å². The number of sulfonamides is 1. The molecule has 3 N–H and O–H groups in total. The first kappa shape index (κ1) is 10.5. The van der Waals surface area contributed by atoms with Crippen LogP contribution in [0.2, 0.25) is 0 Å². The molecule has 2 rings (SSSR count). The molecule has 1 aromatic heterocycles. The number of H-pyrrole nitrogens is 1. The Bertz CT molecular complexity index is 675. The fourth-order valence-corrected chi connectivity index (χ4v) is 1.95. The maximum absolute atomic E-state index is 11.1. The van der Waals surface area contributed by atoms with Gasteiger partial charge in [-0.1, -0.05) is 0 Å². The normalized spacial score (nSPS) is 11.8. The van der Waals surface area contributed by atoms with E-state index in [-0.39, 0.29) is 16.1 Å². The van der Waals surface area contributed by atoms with Gasteiger partial charge in [-0.05, 0) is 6.07 Å². The summed E-state index contributed by atoms with van der Waals surface area (Å²) in [5.74, 6) is 0. The van der Waals surface area contributed by atoms with Gasteiger partial charge in [-0.25, -0.2) is 13.6 Å². The standard InChI is InChI=1S/C7H6N4O4S/c8-16(14,15)7-5-3-4(11(12)13)1-2-6(5)9-10-7/h1-3H,(H,9,10)(H2,8,14,15). The van der Waals surface area contributed by atoms with E-state index >= 15 is 0 Å². The Kier molecular flexibility index (Phi) is 2.14. The van der Waals surface area contributed by atoms with Crippen molar-refractivity contribution in [2.75, 3.05) is 0 Å². The molecule has 8 nitrogen and oxygen atoms in total. The summed E-state index contributed by atoms with van der Waals surface area (Å²) >= 11 is 0. The molecule has 0 unspecified atom stereocenters. The monoisotopic (exact) mass is 242 g/mol. The van der Waals surface area contributed by atoms with Crippen molar-refractivity contribution >= 4 is 26.6 Å². The molecule has 1 heterocycles. The number of hydrogen-bond donors (Lipinski definition) is 2. The highest BCUT2D eigenvalue weighted by atomic mass is 32.2. The van der Waals surface area contributed by atoms with Gasteiger partial charge >= 0.3 is 0 Å². The molecule has 2 aromatic rings. The van der Waals surface area contributed by atoms with Gasteiger partial charge in [-0.2, -0.15) is 5.10 Å². The maximum Gasteiger partial charge on any atom is 0.270 e. The number of fused-ring (bicyclic) bond motifs is 1. The lowest BCUT2D eigenvalue weighted by Crippen LogP contribution is -2.12. The molecule has 0 saturated carbocycles. The van der Waals surface area contributed by atoms with Gasteiger partial charge in [0.1, 0.15) is 0 Å². The van der Waals surface area contributed by atoms with E-state index in [4.69, 9.17) is 5.14 Å². The first-order valence-corrected chi connectivity index (χ1v) is 5.59. The lowest BCUT2D eigenvalue weighted by Gasteiger charge is -1.94. The quantitative estimate of drug-likeness (QED) is 0.570. The summed E-state index contributed by atoms with van der Waals surface area (Å²) in [6.45, 7) is 0. The SMILES string of the molecule is NS(=O)(=O)c1[nH]nc2ccc([N+](=O)[O-])cc12. The number of aromatic nitrogens is 2. The van der Waals surface area contributed by atoms with Gasteiger partial charge in [-0.15, -0.1) is 0 Å². The summed E-state index contributed by atoms with van der Waals surface area (Å²) in [7, 11) is -3.97. The van der Waals surface area contributed by atoms with Gasteiger partial charge in [0.05, 0.1) is 10.4 Å². The highest BCUT2D eigenvalue weighted by Gasteiger charge is 2.18. The summed E-state index contributed by atoms with van der Waals surface area (Å²) in [5.41, 5.74) is 0.0772. The smallest absolute Gasteiger partial charge is 0.265 e. The van der Waals surface area contributed by atoms with E-state index in [1.807, 2.05) is 0 Å². The number of nitrogens with one attached hydrogen (secondary N) is 1. The predicted octanol–water partition coefficient (Wildman–Crippen LogP) is 0.119. The van der Waals surface area contributed by atoms with Crippen LogP contribution in [0.5, 0.6) is 0 Å². The molecule has 0 aliphatic heterocycles. The molecule has 84 valence electrons. The molecule has 0 aliphatic carbocycles. The minimum absolute atomic E-state index is 0.108. The van der Waals surface area contributed by atoms with Crippen LogP contribution in [0.25, 0.3) is 10.9 Å². The molecule has 1 aromatic carbocycles. The minimum atomic E-state index is -3.97. The van der Waals surface area contributed by atoms with Crippen molar-refractivity contribution in [1.82, 2.24) is 10.2 Å². The Hall–Kier alpha value is -2.00. The van der Waals surface area contributed by atoms with Crippen LogP contribution in [0.4, 0.5) is 5.69 Å². The number of nitro groups is 1. The Morgan fingerprint density at radius 3 is 2.69 bits per heavy atom. The van der Waals surface area contributed by atoms with Gasteiger partial charge in [0.2, 0.25) is 0 Å². The molecular weight excluding hydrogens is 236 g/mol. The van der Waals surface area contributed by atoms with Crippen molar-refractivity contribution in [2.24, 2.45) is 5.14 Å². The summed E-state index contributed by atoms with van der Waals surface area (Å²) in [5, 5.41) is 21.1. The molecule has 0 fully saturated rings.